The van der Waals surface area contributed by atoms with Gasteiger partial charge in [0, 0.05) is 46.6 Å². The first kappa shape index (κ1) is 18.5. The van der Waals surface area contributed by atoms with Gasteiger partial charge >= 0.3 is 0 Å². The van der Waals surface area contributed by atoms with Crippen molar-refractivity contribution in [1.29, 1.82) is 0 Å². The molecule has 1 aliphatic heterocycles. The molecule has 7 heteroatoms. The largest absolute Gasteiger partial charge is 0.375 e. The van der Waals surface area contributed by atoms with Crippen LogP contribution in [-0.2, 0) is 22.5 Å². The maximum atomic E-state index is 12.5. The molecule has 0 radical (unpaired) electrons. The van der Waals surface area contributed by atoms with Crippen molar-refractivity contribution in [1.82, 2.24) is 19.9 Å². The Morgan fingerprint density at radius 2 is 2.15 bits per heavy atom. The lowest BCUT2D eigenvalue weighted by Gasteiger charge is -2.33. The van der Waals surface area contributed by atoms with Crippen molar-refractivity contribution in [3.63, 3.8) is 0 Å². The first-order valence-corrected chi connectivity index (χ1v) is 9.01. The highest BCUT2D eigenvalue weighted by Crippen LogP contribution is 2.13. The van der Waals surface area contributed by atoms with Gasteiger partial charge in [-0.3, -0.25) is 9.69 Å². The van der Waals surface area contributed by atoms with Crippen LogP contribution in [0, 0.1) is 6.92 Å². The second kappa shape index (κ2) is 8.91. The highest BCUT2D eigenvalue weighted by Gasteiger charge is 2.24. The summed E-state index contributed by atoms with van der Waals surface area (Å²) < 4.78 is 10.8. The predicted molar refractivity (Wildman–Crippen MR) is 96.5 cm³/mol. The Hall–Kier alpha value is -2.25. The highest BCUT2D eigenvalue weighted by atomic mass is 16.5. The van der Waals surface area contributed by atoms with Crippen molar-refractivity contribution in [2.45, 2.75) is 32.4 Å². The number of aromatic nitrogens is 2. The number of carbonyl (C=O) groups is 1. The summed E-state index contributed by atoms with van der Waals surface area (Å²) in [6.07, 6.45) is 0.924. The van der Waals surface area contributed by atoms with Gasteiger partial charge in [-0.1, -0.05) is 35.5 Å². The van der Waals surface area contributed by atoms with Crippen LogP contribution in [0.1, 0.15) is 23.7 Å². The van der Waals surface area contributed by atoms with E-state index in [4.69, 9.17) is 9.26 Å². The van der Waals surface area contributed by atoms with Crippen LogP contribution in [0.25, 0.3) is 0 Å². The van der Waals surface area contributed by atoms with E-state index in [2.05, 4.69) is 39.3 Å². The van der Waals surface area contributed by atoms with Crippen molar-refractivity contribution in [3.05, 3.63) is 47.6 Å². The van der Waals surface area contributed by atoms with Gasteiger partial charge in [0.1, 0.15) is 0 Å². The number of benzene rings is 1. The monoisotopic (exact) mass is 358 g/mol. The van der Waals surface area contributed by atoms with Gasteiger partial charge in [-0.25, -0.2) is 0 Å². The Morgan fingerprint density at radius 3 is 2.88 bits per heavy atom. The minimum atomic E-state index is -0.0603. The Morgan fingerprint density at radius 1 is 1.35 bits per heavy atom. The number of aryl methyl sites for hydroxylation is 1. The number of likely N-dealkylation sites (N-methyl/N-ethyl adjacent to an activating group) is 1. The van der Waals surface area contributed by atoms with E-state index in [1.807, 2.05) is 6.07 Å². The lowest BCUT2D eigenvalue weighted by molar-refractivity contribution is -0.135. The molecule has 0 spiro atoms. The summed E-state index contributed by atoms with van der Waals surface area (Å²) in [5.41, 5.74) is 1.28. The SMILES string of the molecule is Cc1nc(CCN(C)C(=O)C[C@@H]2CN(Cc3ccccc3)CCO2)no1. The second-order valence-electron chi connectivity index (χ2n) is 6.71. The molecule has 1 saturated heterocycles. The molecule has 1 atom stereocenters. The van der Waals surface area contributed by atoms with E-state index in [-0.39, 0.29) is 12.0 Å². The number of ether oxygens (including phenoxy) is 1. The zero-order valence-corrected chi connectivity index (χ0v) is 15.4. The summed E-state index contributed by atoms with van der Waals surface area (Å²) in [6.45, 7) is 5.55. The zero-order valence-electron chi connectivity index (χ0n) is 15.4. The Kier molecular flexibility index (Phi) is 6.35. The molecule has 140 valence electrons. The number of amides is 1. The van der Waals surface area contributed by atoms with Gasteiger partial charge in [0.2, 0.25) is 11.8 Å². The summed E-state index contributed by atoms with van der Waals surface area (Å²) >= 11 is 0. The molecule has 1 fully saturated rings. The molecule has 26 heavy (non-hydrogen) atoms. The van der Waals surface area contributed by atoms with Crippen molar-refractivity contribution < 1.29 is 14.1 Å². The first-order valence-electron chi connectivity index (χ1n) is 9.01. The summed E-state index contributed by atoms with van der Waals surface area (Å²) in [5, 5.41) is 3.86. The van der Waals surface area contributed by atoms with Crippen LogP contribution < -0.4 is 0 Å². The molecular formula is C19H26N4O3. The van der Waals surface area contributed by atoms with Crippen LogP contribution in [-0.4, -0.2) is 65.2 Å². The lowest BCUT2D eigenvalue weighted by Crippen LogP contribution is -2.44. The molecule has 0 saturated carbocycles. The van der Waals surface area contributed by atoms with Crippen molar-refractivity contribution in [2.75, 3.05) is 33.3 Å². The smallest absolute Gasteiger partial charge is 0.224 e. The zero-order chi connectivity index (χ0) is 18.4. The summed E-state index contributed by atoms with van der Waals surface area (Å²) in [6, 6.07) is 10.4. The molecule has 2 heterocycles. The fourth-order valence-corrected chi connectivity index (χ4v) is 3.08. The van der Waals surface area contributed by atoms with Gasteiger partial charge < -0.3 is 14.2 Å². The molecule has 0 N–H and O–H groups in total. The third-order valence-corrected chi connectivity index (χ3v) is 4.54. The van der Waals surface area contributed by atoms with E-state index < -0.39 is 0 Å². The van der Waals surface area contributed by atoms with E-state index in [0.717, 1.165) is 19.6 Å². The quantitative estimate of drug-likeness (QED) is 0.750. The van der Waals surface area contributed by atoms with Crippen LogP contribution in [0.4, 0.5) is 0 Å². The fourth-order valence-electron chi connectivity index (χ4n) is 3.08. The van der Waals surface area contributed by atoms with E-state index in [0.29, 0.717) is 37.7 Å². The van der Waals surface area contributed by atoms with Crippen LogP contribution in [0.15, 0.2) is 34.9 Å². The summed E-state index contributed by atoms with van der Waals surface area (Å²) in [4.78, 5) is 20.7. The molecule has 0 unspecified atom stereocenters. The van der Waals surface area contributed by atoms with E-state index >= 15 is 0 Å². The second-order valence-corrected chi connectivity index (χ2v) is 6.71. The van der Waals surface area contributed by atoms with Gasteiger partial charge in [0.15, 0.2) is 5.82 Å². The Labute approximate surface area is 153 Å². The number of morpholine rings is 1. The Balaban J connectivity index is 1.44. The average Bonchev–Trinajstić information content (AvgIpc) is 3.06. The molecule has 1 aromatic heterocycles. The minimum absolute atomic E-state index is 0.0603. The lowest BCUT2D eigenvalue weighted by atomic mass is 10.1. The van der Waals surface area contributed by atoms with E-state index in [1.165, 1.54) is 5.56 Å². The normalized spacial score (nSPS) is 18.0. The predicted octanol–water partition coefficient (Wildman–Crippen LogP) is 1.67. The van der Waals surface area contributed by atoms with Gasteiger partial charge in [-0.05, 0) is 5.56 Å². The van der Waals surface area contributed by atoms with Gasteiger partial charge in [-0.2, -0.15) is 4.98 Å². The molecule has 1 aliphatic rings. The van der Waals surface area contributed by atoms with Crippen LogP contribution in [0.2, 0.25) is 0 Å². The third kappa shape index (κ3) is 5.37. The van der Waals surface area contributed by atoms with Crippen molar-refractivity contribution in [2.24, 2.45) is 0 Å². The topological polar surface area (TPSA) is 71.7 Å². The molecule has 2 aromatic rings. The summed E-state index contributed by atoms with van der Waals surface area (Å²) in [5.74, 6) is 1.25. The standard InChI is InChI=1S/C19H26N4O3/c1-15-20-18(21-26-15)8-9-22(2)19(24)12-17-14-23(10-11-25-17)13-16-6-4-3-5-7-16/h3-7,17H,8-14H2,1-2H3/t17-/m1/s1. The van der Waals surface area contributed by atoms with E-state index in [9.17, 15) is 4.79 Å². The van der Waals surface area contributed by atoms with E-state index in [1.54, 1.807) is 18.9 Å². The van der Waals surface area contributed by atoms with Crippen LogP contribution in [0.3, 0.4) is 0 Å². The minimum Gasteiger partial charge on any atom is -0.375 e. The third-order valence-electron chi connectivity index (χ3n) is 4.54. The molecule has 0 aliphatic carbocycles. The van der Waals surface area contributed by atoms with Gasteiger partial charge in [0.05, 0.1) is 19.1 Å². The van der Waals surface area contributed by atoms with Crippen LogP contribution >= 0.6 is 0 Å². The Bertz CT molecular complexity index is 704. The van der Waals surface area contributed by atoms with Crippen LogP contribution in [0.5, 0.6) is 0 Å². The van der Waals surface area contributed by atoms with Crippen molar-refractivity contribution >= 4 is 5.91 Å². The molecule has 3 rings (SSSR count). The number of nitrogens with zero attached hydrogens (tertiary/aromatic N) is 4. The maximum absolute atomic E-state index is 12.5. The molecule has 7 nitrogen and oxygen atoms in total. The fraction of sp³-hybridized carbons (Fsp3) is 0.526. The highest BCUT2D eigenvalue weighted by molar-refractivity contribution is 5.76. The van der Waals surface area contributed by atoms with Gasteiger partial charge in [-0.15, -0.1) is 0 Å². The first-order chi connectivity index (χ1) is 12.6. The molecule has 1 aromatic carbocycles. The summed E-state index contributed by atoms with van der Waals surface area (Å²) in [7, 11) is 1.81. The average molecular weight is 358 g/mol. The number of carbonyl (C=O) groups excluding carboxylic acids is 1. The number of hydrogen-bond acceptors (Lipinski definition) is 6. The molecule has 0 bridgehead atoms. The maximum Gasteiger partial charge on any atom is 0.224 e. The number of hydrogen-bond donors (Lipinski definition) is 0. The molecular weight excluding hydrogens is 332 g/mol. The number of rotatable bonds is 7. The molecule has 1 amide bonds. The van der Waals surface area contributed by atoms with Crippen molar-refractivity contribution in [3.8, 4) is 0 Å². The van der Waals surface area contributed by atoms with Gasteiger partial charge in [0.25, 0.3) is 0 Å².